The van der Waals surface area contributed by atoms with E-state index in [9.17, 15) is 9.18 Å². The number of nitrogens with zero attached hydrogens (tertiary/aromatic N) is 6. The Morgan fingerprint density at radius 1 is 1.10 bits per heavy atom. The van der Waals surface area contributed by atoms with Crippen molar-refractivity contribution in [3.63, 3.8) is 0 Å². The van der Waals surface area contributed by atoms with Gasteiger partial charge in [0.1, 0.15) is 24.1 Å². The topological polar surface area (TPSA) is 98.7 Å². The summed E-state index contributed by atoms with van der Waals surface area (Å²) < 4.78 is 68.8. The fourth-order valence-corrected chi connectivity index (χ4v) is 11.1. The number of halogens is 5. The summed E-state index contributed by atoms with van der Waals surface area (Å²) >= 11 is 7.06. The number of hydrogen-bond donors (Lipinski definition) is 2. The van der Waals surface area contributed by atoms with Crippen molar-refractivity contribution in [1.82, 2.24) is 35.6 Å². The van der Waals surface area contributed by atoms with E-state index < -0.39 is 42.0 Å². The molecule has 0 spiro atoms. The van der Waals surface area contributed by atoms with Crippen LogP contribution in [-0.2, 0) is 4.79 Å². The Hall–Kier alpha value is -2.55. The van der Waals surface area contributed by atoms with E-state index in [0.717, 1.165) is 19.4 Å². The second-order valence-corrected chi connectivity index (χ2v) is 16.1. The van der Waals surface area contributed by atoms with Gasteiger partial charge in [0.15, 0.2) is 5.82 Å². The van der Waals surface area contributed by atoms with Crippen LogP contribution < -0.4 is 20.5 Å². The predicted octanol–water partition coefficient (Wildman–Crippen LogP) is 4.17. The molecular weight excluding hydrogens is 664 g/mol. The van der Waals surface area contributed by atoms with E-state index in [1.807, 2.05) is 4.90 Å². The number of hydrazine groups is 1. The lowest BCUT2D eigenvalue weighted by molar-refractivity contribution is -0.133. The third-order valence-corrected chi connectivity index (χ3v) is 13.4. The van der Waals surface area contributed by atoms with Crippen molar-refractivity contribution in [3.8, 4) is 6.01 Å². The van der Waals surface area contributed by atoms with Crippen LogP contribution in [0.4, 0.5) is 23.4 Å². The molecule has 5 unspecified atom stereocenters. The fraction of sp³-hybridized carbons (Fsp3) is 0.765. The summed E-state index contributed by atoms with van der Waals surface area (Å²) in [6.45, 7) is 1.73. The first kappa shape index (κ1) is 32.4. The van der Waals surface area contributed by atoms with E-state index in [4.69, 9.17) is 26.3 Å². The monoisotopic (exact) mass is 706 g/mol. The van der Waals surface area contributed by atoms with Gasteiger partial charge in [0.05, 0.1) is 29.2 Å². The highest BCUT2D eigenvalue weighted by Gasteiger charge is 2.57. The van der Waals surface area contributed by atoms with Crippen LogP contribution in [0, 0.1) is 23.6 Å². The molecule has 10 nitrogen and oxygen atoms in total. The van der Waals surface area contributed by atoms with Gasteiger partial charge in [-0.2, -0.15) is 9.97 Å². The maximum atomic E-state index is 17.2. The molecule has 2 aromatic rings. The van der Waals surface area contributed by atoms with E-state index in [-0.39, 0.29) is 79.1 Å². The number of amides is 1. The Balaban J connectivity index is 1.16. The van der Waals surface area contributed by atoms with Gasteiger partial charge in [-0.15, -0.1) is 11.6 Å². The first-order chi connectivity index (χ1) is 23.6. The Bertz CT molecular complexity index is 1640. The molecule has 7 aliphatic heterocycles. The van der Waals surface area contributed by atoms with Gasteiger partial charge < -0.3 is 14.5 Å². The lowest BCUT2D eigenvalue weighted by Crippen LogP contribution is -2.51. The second kappa shape index (κ2) is 12.0. The van der Waals surface area contributed by atoms with E-state index in [1.165, 1.54) is 4.90 Å². The van der Waals surface area contributed by atoms with Gasteiger partial charge >= 0.3 is 6.01 Å². The van der Waals surface area contributed by atoms with Gasteiger partial charge in [-0.25, -0.2) is 17.6 Å². The molecule has 8 aliphatic rings. The Kier molecular flexibility index (Phi) is 7.94. The van der Waals surface area contributed by atoms with E-state index in [2.05, 4.69) is 20.7 Å². The summed E-state index contributed by atoms with van der Waals surface area (Å²) in [5.41, 5.74) is 6.46. The van der Waals surface area contributed by atoms with Crippen molar-refractivity contribution in [3.05, 3.63) is 17.7 Å². The molecule has 0 radical (unpaired) electrons. The SMILES string of the molecule is O=C1CCCCC2C(Cl)CC3NNCC3C2c2ncc3c(nc(OC[C@@]45CCCN4C[C@H](F)C5)nc3c2F)N2CC[C@H]3[C@@H](C2)N1CC3(F)F. The molecule has 1 saturated carbocycles. The molecule has 6 bridgehead atoms. The average molecular weight is 707 g/mol. The van der Waals surface area contributed by atoms with Gasteiger partial charge in [0, 0.05) is 68.5 Å². The van der Waals surface area contributed by atoms with Crippen LogP contribution in [0.3, 0.4) is 0 Å². The van der Waals surface area contributed by atoms with Crippen LogP contribution in [0.1, 0.15) is 69.4 Å². The molecular formula is C34H43ClF4N8O2. The van der Waals surface area contributed by atoms with Crippen molar-refractivity contribution in [2.75, 3.05) is 50.8 Å². The molecule has 1 aliphatic carbocycles. The minimum absolute atomic E-state index is 0.0343. The van der Waals surface area contributed by atoms with E-state index in [1.54, 1.807) is 6.20 Å². The lowest BCUT2D eigenvalue weighted by atomic mass is 9.66. The second-order valence-electron chi connectivity index (χ2n) is 15.6. The highest BCUT2D eigenvalue weighted by atomic mass is 35.5. The van der Waals surface area contributed by atoms with E-state index >= 15 is 13.2 Å². The van der Waals surface area contributed by atoms with Gasteiger partial charge in [-0.3, -0.25) is 25.5 Å². The maximum absolute atomic E-state index is 17.2. The number of carbonyl (C=O) groups excluding carboxylic acids is 1. The summed E-state index contributed by atoms with van der Waals surface area (Å²) in [7, 11) is 0. The third kappa shape index (κ3) is 5.28. The average Bonchev–Trinajstić information content (AvgIpc) is 3.83. The summed E-state index contributed by atoms with van der Waals surface area (Å²) in [6.07, 6.45) is 5.65. The Morgan fingerprint density at radius 3 is 2.86 bits per heavy atom. The van der Waals surface area contributed by atoms with Crippen LogP contribution in [0.2, 0.25) is 0 Å². The van der Waals surface area contributed by atoms with Crippen molar-refractivity contribution < 1.29 is 27.1 Å². The third-order valence-electron chi connectivity index (χ3n) is 12.9. The highest BCUT2D eigenvalue weighted by Crippen LogP contribution is 2.49. The number of nitrogens with one attached hydrogen (secondary N) is 2. The van der Waals surface area contributed by atoms with Crippen molar-refractivity contribution in [2.45, 2.75) is 98.8 Å². The molecule has 9 heterocycles. The molecule has 15 heteroatoms. The number of carbonyl (C=O) groups is 1. The first-order valence-electron chi connectivity index (χ1n) is 18.0. The largest absolute Gasteiger partial charge is 0.461 e. The van der Waals surface area contributed by atoms with Crippen molar-refractivity contribution >= 4 is 34.2 Å². The van der Waals surface area contributed by atoms with Crippen molar-refractivity contribution in [1.29, 1.82) is 0 Å². The number of alkyl halides is 4. The number of pyridine rings is 1. The van der Waals surface area contributed by atoms with Crippen LogP contribution in [0.25, 0.3) is 10.9 Å². The number of anilines is 1. The fourth-order valence-electron chi connectivity index (χ4n) is 10.6. The molecule has 2 aromatic heterocycles. The standard InChI is InChI=1S/C34H43ClF4N8O2/c35-23-10-24-20(13-41-44-24)27-19(23)4-1-2-5-26(48)47-16-34(38,39)22-6-9-45(15-25(22)47)31-21-12-40-30(27)28(37)29(21)42-32(43-31)49-17-33-7-3-8-46(33)14-18(36)11-33/h12,18-20,22-25,27,41,44H,1-11,13-17H2/t18-,19?,20?,22+,23?,24?,25-,27?,33+/m1/s1. The predicted molar refractivity (Wildman–Crippen MR) is 174 cm³/mol. The number of piperidine rings is 1. The molecule has 266 valence electrons. The number of fused-ring (bicyclic) bond motifs is 7. The zero-order valence-electron chi connectivity index (χ0n) is 27.4. The minimum atomic E-state index is -3.00. The van der Waals surface area contributed by atoms with Crippen LogP contribution in [0.15, 0.2) is 6.20 Å². The molecule has 0 aromatic carbocycles. The summed E-state index contributed by atoms with van der Waals surface area (Å²) in [5, 5.41) is 0.106. The molecule has 1 amide bonds. The van der Waals surface area contributed by atoms with Gasteiger partial charge in [-0.05, 0) is 56.9 Å². The lowest BCUT2D eigenvalue weighted by Gasteiger charge is -2.42. The zero-order valence-corrected chi connectivity index (χ0v) is 28.2. The summed E-state index contributed by atoms with van der Waals surface area (Å²) in [5.74, 6) is -4.83. The smallest absolute Gasteiger partial charge is 0.319 e. The van der Waals surface area contributed by atoms with Crippen LogP contribution >= 0.6 is 11.6 Å². The van der Waals surface area contributed by atoms with Gasteiger partial charge in [0.2, 0.25) is 5.91 Å². The van der Waals surface area contributed by atoms with Crippen molar-refractivity contribution in [2.24, 2.45) is 17.8 Å². The van der Waals surface area contributed by atoms with Gasteiger partial charge in [-0.1, -0.05) is 6.42 Å². The normalized spacial score (nSPS) is 38.8. The molecule has 10 rings (SSSR count). The highest BCUT2D eigenvalue weighted by molar-refractivity contribution is 6.21. The minimum Gasteiger partial charge on any atom is -0.461 e. The molecule has 5 saturated heterocycles. The molecule has 49 heavy (non-hydrogen) atoms. The number of hydrogen-bond acceptors (Lipinski definition) is 9. The Morgan fingerprint density at radius 2 is 1.98 bits per heavy atom. The van der Waals surface area contributed by atoms with E-state index in [0.29, 0.717) is 62.1 Å². The zero-order chi connectivity index (χ0) is 33.7. The van der Waals surface area contributed by atoms with Gasteiger partial charge in [0.25, 0.3) is 5.92 Å². The molecule has 2 N–H and O–H groups in total. The first-order valence-corrected chi connectivity index (χ1v) is 18.5. The molecule has 6 fully saturated rings. The number of rotatable bonds is 3. The summed E-state index contributed by atoms with van der Waals surface area (Å²) in [4.78, 5) is 33.2. The summed E-state index contributed by atoms with van der Waals surface area (Å²) in [6, 6.07) is -0.703. The Labute approximate surface area is 287 Å². The number of ether oxygens (including phenoxy) is 1. The van der Waals surface area contributed by atoms with Crippen LogP contribution in [-0.4, -0.2) is 112 Å². The number of aromatic nitrogens is 3. The van der Waals surface area contributed by atoms with Crippen LogP contribution in [0.5, 0.6) is 6.01 Å². The maximum Gasteiger partial charge on any atom is 0.319 e. The molecule has 9 atom stereocenters. The quantitative estimate of drug-likeness (QED) is 0.360.